The van der Waals surface area contributed by atoms with Crippen molar-refractivity contribution in [3.63, 3.8) is 0 Å². The molecule has 0 aliphatic carbocycles. The lowest BCUT2D eigenvalue weighted by Crippen LogP contribution is -2.32. The summed E-state index contributed by atoms with van der Waals surface area (Å²) < 4.78 is 0. The second-order valence-corrected chi connectivity index (χ2v) is 4.23. The minimum atomic E-state index is 0.428. The molecule has 0 aromatic carbocycles. The van der Waals surface area contributed by atoms with E-state index in [-0.39, 0.29) is 0 Å². The highest BCUT2D eigenvalue weighted by atomic mass is 15.1. The van der Waals surface area contributed by atoms with Gasteiger partial charge >= 0.3 is 0 Å². The van der Waals surface area contributed by atoms with Crippen LogP contribution in [0, 0.1) is 0 Å². The normalized spacial score (nSPS) is 10.7. The molecule has 14 heavy (non-hydrogen) atoms. The van der Waals surface area contributed by atoms with Gasteiger partial charge in [-0.15, -0.1) is 0 Å². The van der Waals surface area contributed by atoms with E-state index in [1.165, 1.54) is 0 Å². The quantitative estimate of drug-likeness (QED) is 0.743. The molecule has 1 aromatic heterocycles. The number of hydrogen-bond donors (Lipinski definition) is 1. The largest absolute Gasteiger partial charge is 0.397 e. The molecule has 0 aliphatic heterocycles. The van der Waals surface area contributed by atoms with Crippen molar-refractivity contribution >= 4 is 12.8 Å². The molecule has 0 unspecified atom stereocenters. The Hall–Kier alpha value is -1.06. The number of nitrogens with one attached hydrogen (secondary N) is 1. The third-order valence-corrected chi connectivity index (χ3v) is 2.30. The van der Waals surface area contributed by atoms with E-state index in [4.69, 9.17) is 0 Å². The second kappa shape index (κ2) is 4.98. The van der Waals surface area contributed by atoms with E-state index in [0.29, 0.717) is 18.5 Å². The number of nitrogens with zero attached hydrogens (tertiary/aromatic N) is 2. The van der Waals surface area contributed by atoms with Crippen LogP contribution in [0.5, 0.6) is 0 Å². The Bertz CT molecular complexity index is 253. The molecule has 1 N–H and O–H groups in total. The summed E-state index contributed by atoms with van der Waals surface area (Å²) in [5.74, 6) is 1.89. The van der Waals surface area contributed by atoms with Gasteiger partial charge in [0.25, 0.3) is 6.85 Å². The highest BCUT2D eigenvalue weighted by Gasteiger charge is 2.23. The predicted molar refractivity (Wildman–Crippen MR) is 61.6 cm³/mol. The van der Waals surface area contributed by atoms with Crippen LogP contribution in [0.1, 0.15) is 27.7 Å². The molecule has 76 valence electrons. The molecule has 0 aliphatic rings. The van der Waals surface area contributed by atoms with Crippen molar-refractivity contribution in [3.05, 3.63) is 18.5 Å². The third-order valence-electron chi connectivity index (χ3n) is 2.30. The van der Waals surface area contributed by atoms with Crippen LogP contribution in [-0.2, 0) is 0 Å². The number of rotatable bonds is 4. The Balaban J connectivity index is 2.65. The summed E-state index contributed by atoms with van der Waals surface area (Å²) in [6.07, 6.45) is 3.51. The molecule has 1 heterocycles. The van der Waals surface area contributed by atoms with Gasteiger partial charge in [-0.1, -0.05) is 27.7 Å². The summed E-state index contributed by atoms with van der Waals surface area (Å²) in [5.41, 5.74) is 0. The summed E-state index contributed by atoms with van der Waals surface area (Å²) in [6, 6.07) is 1.82. The smallest absolute Gasteiger partial charge is 0.260 e. The van der Waals surface area contributed by atoms with E-state index in [9.17, 15) is 0 Å². The van der Waals surface area contributed by atoms with Crippen molar-refractivity contribution in [2.75, 3.05) is 5.23 Å². The maximum atomic E-state index is 4.16. The molecule has 0 spiro atoms. The van der Waals surface area contributed by atoms with Crippen molar-refractivity contribution in [3.8, 4) is 0 Å². The Kier molecular flexibility index (Phi) is 3.92. The van der Waals surface area contributed by atoms with Gasteiger partial charge in [-0.05, 0) is 17.7 Å². The minimum absolute atomic E-state index is 0.428. The second-order valence-electron chi connectivity index (χ2n) is 4.23. The summed E-state index contributed by atoms with van der Waals surface area (Å²) in [4.78, 5) is 8.32. The molecule has 0 bridgehead atoms. The van der Waals surface area contributed by atoms with Gasteiger partial charge in [0.15, 0.2) is 0 Å². The van der Waals surface area contributed by atoms with Crippen molar-refractivity contribution in [2.24, 2.45) is 0 Å². The van der Waals surface area contributed by atoms with Crippen LogP contribution in [0.25, 0.3) is 0 Å². The average molecular weight is 191 g/mol. The molecule has 0 saturated carbocycles. The fraction of sp³-hybridized carbons (Fsp3) is 0.600. The van der Waals surface area contributed by atoms with Gasteiger partial charge in [-0.3, -0.25) is 0 Å². The van der Waals surface area contributed by atoms with Crippen LogP contribution < -0.4 is 5.23 Å². The maximum Gasteiger partial charge on any atom is 0.260 e. The lowest BCUT2D eigenvalue weighted by atomic mass is 9.45. The van der Waals surface area contributed by atoms with E-state index < -0.39 is 0 Å². The highest BCUT2D eigenvalue weighted by Crippen LogP contribution is 2.20. The van der Waals surface area contributed by atoms with Crippen LogP contribution in [0.15, 0.2) is 18.5 Å². The monoisotopic (exact) mass is 191 g/mol. The first-order valence-corrected chi connectivity index (χ1v) is 5.15. The molecule has 3 nitrogen and oxygen atoms in total. The maximum absolute atomic E-state index is 4.16. The first kappa shape index (κ1) is 11.0. The van der Waals surface area contributed by atoms with E-state index in [1.807, 2.05) is 6.07 Å². The molecule has 0 amide bonds. The predicted octanol–water partition coefficient (Wildman–Crippen LogP) is 2.70. The zero-order chi connectivity index (χ0) is 10.6. The molecule has 1 aromatic rings. The van der Waals surface area contributed by atoms with E-state index in [2.05, 4.69) is 42.9 Å². The summed E-state index contributed by atoms with van der Waals surface area (Å²) in [6.45, 7) is 9.26. The number of hydrogen-bond acceptors (Lipinski definition) is 3. The average Bonchev–Trinajstić information content (AvgIpc) is 2.15. The lowest BCUT2D eigenvalue weighted by molar-refractivity contribution is 0.935. The molecule has 0 saturated heterocycles. The standard InChI is InChI=1S/C10H18BN3/c1-8(2)11(9(3)4)14-10-12-6-5-7-13-10/h5-9H,1-4H3,(H,12,13,14). The van der Waals surface area contributed by atoms with Crippen LogP contribution in [-0.4, -0.2) is 16.8 Å². The lowest BCUT2D eigenvalue weighted by Gasteiger charge is -2.21. The first-order valence-electron chi connectivity index (χ1n) is 5.15. The van der Waals surface area contributed by atoms with Crippen LogP contribution >= 0.6 is 0 Å². The topological polar surface area (TPSA) is 37.8 Å². The zero-order valence-electron chi connectivity index (χ0n) is 9.36. The van der Waals surface area contributed by atoms with Gasteiger partial charge < -0.3 is 5.23 Å². The van der Waals surface area contributed by atoms with E-state index >= 15 is 0 Å². The van der Waals surface area contributed by atoms with Crippen LogP contribution in [0.4, 0.5) is 5.95 Å². The molecule has 0 atom stereocenters. The fourth-order valence-electron chi connectivity index (χ4n) is 1.63. The molecule has 4 heteroatoms. The Labute approximate surface area is 86.5 Å². The van der Waals surface area contributed by atoms with Crippen LogP contribution in [0.2, 0.25) is 11.6 Å². The van der Waals surface area contributed by atoms with Crippen molar-refractivity contribution in [2.45, 2.75) is 39.3 Å². The molecule has 0 radical (unpaired) electrons. The molecular weight excluding hydrogens is 173 g/mol. The highest BCUT2D eigenvalue weighted by molar-refractivity contribution is 6.65. The minimum Gasteiger partial charge on any atom is -0.397 e. The van der Waals surface area contributed by atoms with Crippen molar-refractivity contribution in [1.29, 1.82) is 0 Å². The summed E-state index contributed by atoms with van der Waals surface area (Å²) >= 11 is 0. The SMILES string of the molecule is CC(C)B(Nc1ncccn1)C(C)C. The Morgan fingerprint density at radius 2 is 1.57 bits per heavy atom. The first-order chi connectivity index (χ1) is 6.61. The Morgan fingerprint density at radius 3 is 2.00 bits per heavy atom. The van der Waals surface area contributed by atoms with Gasteiger partial charge in [0.05, 0.1) is 0 Å². The van der Waals surface area contributed by atoms with E-state index in [0.717, 1.165) is 5.95 Å². The summed E-state index contributed by atoms with van der Waals surface area (Å²) in [5, 5.41) is 3.36. The molecular formula is C10H18BN3. The fourth-order valence-corrected chi connectivity index (χ4v) is 1.63. The van der Waals surface area contributed by atoms with Crippen LogP contribution in [0.3, 0.4) is 0 Å². The van der Waals surface area contributed by atoms with E-state index in [1.54, 1.807) is 12.4 Å². The third kappa shape index (κ3) is 3.02. The summed E-state index contributed by atoms with van der Waals surface area (Å²) in [7, 11) is 0. The zero-order valence-corrected chi connectivity index (χ0v) is 9.36. The number of anilines is 1. The van der Waals surface area contributed by atoms with Gasteiger partial charge in [-0.25, -0.2) is 9.97 Å². The Morgan fingerprint density at radius 1 is 1.07 bits per heavy atom. The number of aromatic nitrogens is 2. The van der Waals surface area contributed by atoms with Gasteiger partial charge in [0, 0.05) is 12.4 Å². The van der Waals surface area contributed by atoms with Crippen molar-refractivity contribution < 1.29 is 0 Å². The van der Waals surface area contributed by atoms with Gasteiger partial charge in [-0.2, -0.15) is 0 Å². The van der Waals surface area contributed by atoms with Crippen molar-refractivity contribution in [1.82, 2.24) is 9.97 Å². The van der Waals surface area contributed by atoms with Gasteiger partial charge in [0.2, 0.25) is 5.95 Å². The molecule has 1 rings (SSSR count). The van der Waals surface area contributed by atoms with Gasteiger partial charge in [0.1, 0.15) is 0 Å². The molecule has 0 fully saturated rings.